The molecule has 1 N–H and O–H groups in total. The molecule has 2 amide bonds. The molecule has 7 rings (SSSR count). The lowest BCUT2D eigenvalue weighted by atomic mass is 9.49. The van der Waals surface area contributed by atoms with Gasteiger partial charge in [-0.15, -0.1) is 0 Å². The SMILES string of the molecule is O=C1/C(=C\c2cccc(OCc3ccccc3)c2)SC(=S)N1NC(=O)C12CC3CC(CC(C3)C1)C2. The lowest BCUT2D eigenvalue weighted by molar-refractivity contribution is -0.152. The van der Waals surface area contributed by atoms with Crippen molar-refractivity contribution < 1.29 is 14.3 Å². The van der Waals surface area contributed by atoms with Gasteiger partial charge in [-0.1, -0.05) is 54.2 Å². The third-order valence-corrected chi connectivity index (χ3v) is 9.23. The summed E-state index contributed by atoms with van der Waals surface area (Å²) in [6.45, 7) is 0.475. The zero-order chi connectivity index (χ0) is 24.0. The number of nitrogens with zero attached hydrogens (tertiary/aromatic N) is 1. The first-order valence-electron chi connectivity index (χ1n) is 12.3. The maximum absolute atomic E-state index is 13.4. The van der Waals surface area contributed by atoms with E-state index in [1.807, 2.05) is 60.7 Å². The highest BCUT2D eigenvalue weighted by Gasteiger charge is 2.55. The van der Waals surface area contributed by atoms with Crippen LogP contribution in [0, 0.1) is 23.2 Å². The highest BCUT2D eigenvalue weighted by Crippen LogP contribution is 2.60. The summed E-state index contributed by atoms with van der Waals surface area (Å²) in [6.07, 6.45) is 8.46. The lowest BCUT2D eigenvalue weighted by Gasteiger charge is -2.55. The molecular weight excluding hydrogens is 476 g/mol. The summed E-state index contributed by atoms with van der Waals surface area (Å²) in [5, 5.41) is 1.28. The summed E-state index contributed by atoms with van der Waals surface area (Å²) in [4.78, 5) is 27.1. The maximum Gasteiger partial charge on any atom is 0.285 e. The van der Waals surface area contributed by atoms with E-state index in [9.17, 15) is 9.59 Å². The van der Waals surface area contributed by atoms with E-state index < -0.39 is 0 Å². The van der Waals surface area contributed by atoms with E-state index in [-0.39, 0.29) is 17.2 Å². The van der Waals surface area contributed by atoms with Crippen LogP contribution < -0.4 is 10.2 Å². The monoisotopic (exact) mass is 504 g/mol. The first-order chi connectivity index (χ1) is 17.0. The molecule has 5 fully saturated rings. The number of carbonyl (C=O) groups excluding carboxylic acids is 2. The van der Waals surface area contributed by atoms with E-state index in [1.54, 1.807) is 0 Å². The Labute approximate surface area is 215 Å². The van der Waals surface area contributed by atoms with E-state index in [4.69, 9.17) is 17.0 Å². The summed E-state index contributed by atoms with van der Waals surface area (Å²) >= 11 is 6.71. The summed E-state index contributed by atoms with van der Waals surface area (Å²) in [5.74, 6) is 2.42. The Balaban J connectivity index is 1.13. The zero-order valence-corrected chi connectivity index (χ0v) is 21.1. The molecule has 0 unspecified atom stereocenters. The Morgan fingerprint density at radius 2 is 1.74 bits per heavy atom. The van der Waals surface area contributed by atoms with Gasteiger partial charge in [0, 0.05) is 0 Å². The summed E-state index contributed by atoms with van der Waals surface area (Å²) < 4.78 is 6.29. The van der Waals surface area contributed by atoms with Gasteiger partial charge in [0.15, 0.2) is 4.32 Å². The predicted octanol–water partition coefficient (Wildman–Crippen LogP) is 5.71. The van der Waals surface area contributed by atoms with Gasteiger partial charge in [-0.3, -0.25) is 15.0 Å². The van der Waals surface area contributed by atoms with Gasteiger partial charge in [0.05, 0.1) is 10.3 Å². The number of benzene rings is 2. The van der Waals surface area contributed by atoms with Gasteiger partial charge in [0.1, 0.15) is 12.4 Å². The predicted molar refractivity (Wildman–Crippen MR) is 141 cm³/mol. The van der Waals surface area contributed by atoms with Crippen LogP contribution in [0.25, 0.3) is 6.08 Å². The number of rotatable bonds is 6. The molecule has 1 aliphatic heterocycles. The first kappa shape index (κ1) is 22.8. The van der Waals surface area contributed by atoms with Crippen molar-refractivity contribution in [1.82, 2.24) is 10.4 Å². The lowest BCUT2D eigenvalue weighted by Crippen LogP contribution is -2.57. The Hall–Kier alpha value is -2.64. The minimum Gasteiger partial charge on any atom is -0.489 e. The van der Waals surface area contributed by atoms with E-state index in [0.717, 1.165) is 36.1 Å². The highest BCUT2D eigenvalue weighted by atomic mass is 32.2. The van der Waals surface area contributed by atoms with Crippen LogP contribution in [-0.2, 0) is 16.2 Å². The number of thioether (sulfide) groups is 1. The minimum atomic E-state index is -0.327. The minimum absolute atomic E-state index is 0.0227. The van der Waals surface area contributed by atoms with Crippen molar-refractivity contribution in [2.75, 3.05) is 0 Å². The van der Waals surface area contributed by atoms with Crippen molar-refractivity contribution in [2.24, 2.45) is 23.2 Å². The van der Waals surface area contributed by atoms with Crippen molar-refractivity contribution in [3.05, 3.63) is 70.6 Å². The van der Waals surface area contributed by atoms with Gasteiger partial charge in [0.25, 0.3) is 5.91 Å². The molecule has 2 aromatic rings. The van der Waals surface area contributed by atoms with E-state index in [1.165, 1.54) is 36.0 Å². The van der Waals surface area contributed by atoms with Crippen LogP contribution in [0.5, 0.6) is 5.75 Å². The largest absolute Gasteiger partial charge is 0.489 e. The van der Waals surface area contributed by atoms with Gasteiger partial charge in [-0.05, 0) is 97.8 Å². The van der Waals surface area contributed by atoms with Crippen LogP contribution in [0.15, 0.2) is 59.5 Å². The van der Waals surface area contributed by atoms with Gasteiger partial charge in [-0.2, -0.15) is 5.01 Å². The molecule has 4 aliphatic carbocycles. The number of ether oxygens (including phenoxy) is 1. The Kier molecular flexibility index (Phi) is 5.93. The number of hydrogen-bond acceptors (Lipinski definition) is 5. The van der Waals surface area contributed by atoms with Crippen LogP contribution in [0.2, 0.25) is 0 Å². The third-order valence-electron chi connectivity index (χ3n) is 7.93. The topological polar surface area (TPSA) is 58.6 Å². The average molecular weight is 505 g/mol. The molecule has 0 atom stereocenters. The third kappa shape index (κ3) is 4.52. The quantitative estimate of drug-likeness (QED) is 0.403. The van der Waals surface area contributed by atoms with Crippen molar-refractivity contribution in [3.63, 3.8) is 0 Å². The number of amides is 2. The molecule has 0 radical (unpaired) electrons. The van der Waals surface area contributed by atoms with Crippen molar-refractivity contribution in [2.45, 2.75) is 45.1 Å². The normalized spacial score (nSPS) is 30.2. The number of hydrazine groups is 1. The first-order valence-corrected chi connectivity index (χ1v) is 13.6. The summed E-state index contributed by atoms with van der Waals surface area (Å²) in [6, 6.07) is 17.6. The van der Waals surface area contributed by atoms with Crippen molar-refractivity contribution in [1.29, 1.82) is 0 Å². The van der Waals surface area contributed by atoms with Crippen LogP contribution in [0.4, 0.5) is 0 Å². The van der Waals surface area contributed by atoms with E-state index in [0.29, 0.717) is 33.6 Å². The molecule has 0 aromatic heterocycles. The fourth-order valence-electron chi connectivity index (χ4n) is 6.76. The molecule has 35 heavy (non-hydrogen) atoms. The van der Waals surface area contributed by atoms with Gasteiger partial charge >= 0.3 is 0 Å². The second-order valence-corrected chi connectivity index (χ2v) is 12.2. The Bertz CT molecular complexity index is 1170. The van der Waals surface area contributed by atoms with Crippen molar-refractivity contribution >= 4 is 46.2 Å². The molecule has 5 nitrogen and oxygen atoms in total. The van der Waals surface area contributed by atoms with Crippen LogP contribution in [0.3, 0.4) is 0 Å². The summed E-state index contributed by atoms with van der Waals surface area (Å²) in [5.41, 5.74) is 4.53. The fourth-order valence-corrected chi connectivity index (χ4v) is 7.94. The van der Waals surface area contributed by atoms with Crippen LogP contribution in [0.1, 0.15) is 49.7 Å². The Morgan fingerprint density at radius 3 is 2.43 bits per heavy atom. The standard InChI is InChI=1S/C28H28N2O3S2/c31-25-24(13-19-7-4-8-23(12-19)33-17-18-5-2-1-3-6-18)35-27(34)30(25)29-26(32)28-14-20-9-21(15-28)11-22(10-20)16-28/h1-8,12-13,20-22H,9-11,14-17H2,(H,29,32)/b24-13+. The molecule has 5 aliphatic rings. The molecule has 4 bridgehead atoms. The van der Waals surface area contributed by atoms with E-state index >= 15 is 0 Å². The molecule has 1 heterocycles. The molecule has 7 heteroatoms. The van der Waals surface area contributed by atoms with E-state index in [2.05, 4.69) is 5.43 Å². The average Bonchev–Trinajstić information content (AvgIpc) is 3.10. The van der Waals surface area contributed by atoms with Gasteiger partial charge < -0.3 is 4.74 Å². The maximum atomic E-state index is 13.4. The molecule has 4 saturated carbocycles. The second-order valence-electron chi connectivity index (χ2n) is 10.5. The molecular formula is C28H28N2O3S2. The zero-order valence-electron chi connectivity index (χ0n) is 19.4. The van der Waals surface area contributed by atoms with Gasteiger partial charge in [-0.25, -0.2) is 0 Å². The molecule has 1 saturated heterocycles. The van der Waals surface area contributed by atoms with Crippen molar-refractivity contribution in [3.8, 4) is 5.75 Å². The van der Waals surface area contributed by atoms with Crippen LogP contribution >= 0.6 is 24.0 Å². The number of carbonyl (C=O) groups is 2. The number of hydrogen-bond donors (Lipinski definition) is 1. The molecule has 180 valence electrons. The van der Waals surface area contributed by atoms with Crippen LogP contribution in [-0.4, -0.2) is 21.1 Å². The molecule has 0 spiro atoms. The number of nitrogens with one attached hydrogen (secondary N) is 1. The molecule has 2 aromatic carbocycles. The highest BCUT2D eigenvalue weighted by molar-refractivity contribution is 8.26. The number of thiocarbonyl (C=S) groups is 1. The van der Waals surface area contributed by atoms with Gasteiger partial charge in [0.2, 0.25) is 5.91 Å². The smallest absolute Gasteiger partial charge is 0.285 e. The summed E-state index contributed by atoms with van der Waals surface area (Å²) in [7, 11) is 0. The fraction of sp³-hybridized carbons (Fsp3) is 0.393. The second kappa shape index (κ2) is 9.10. The Morgan fingerprint density at radius 1 is 1.06 bits per heavy atom.